The molecule has 0 bridgehead atoms. The summed E-state index contributed by atoms with van der Waals surface area (Å²) in [6, 6.07) is 0. The Morgan fingerprint density at radius 1 is 1.20 bits per heavy atom. The highest BCUT2D eigenvalue weighted by molar-refractivity contribution is 9.09. The van der Waals surface area contributed by atoms with Crippen molar-refractivity contribution in [3.05, 3.63) is 0 Å². The smallest absolute Gasteiger partial charge is 0.0898 e. The van der Waals surface area contributed by atoms with Crippen LogP contribution in [0.25, 0.3) is 0 Å². The summed E-state index contributed by atoms with van der Waals surface area (Å²) in [7, 11) is 0. The molecule has 1 fully saturated rings. The van der Waals surface area contributed by atoms with E-state index in [9.17, 15) is 10.2 Å². The molecule has 0 amide bonds. The first-order chi connectivity index (χ1) is 7.10. The van der Waals surface area contributed by atoms with E-state index in [4.69, 9.17) is 4.74 Å². The number of alkyl halides is 2. The number of ether oxygens (including phenoxy) is 1. The van der Waals surface area contributed by atoms with E-state index in [1.165, 1.54) is 0 Å². The van der Waals surface area contributed by atoms with E-state index < -0.39 is 6.10 Å². The minimum atomic E-state index is -0.450. The predicted octanol–water partition coefficient (Wildman–Crippen LogP) is 1.68. The van der Waals surface area contributed by atoms with E-state index in [-0.39, 0.29) is 24.2 Å². The van der Waals surface area contributed by atoms with Crippen LogP contribution >= 0.6 is 31.9 Å². The number of hydrogen-bond acceptors (Lipinski definition) is 3. The number of aliphatic hydroxyl groups excluding tert-OH is 2. The van der Waals surface area contributed by atoms with E-state index in [1.807, 2.05) is 6.92 Å². The molecule has 0 radical (unpaired) electrons. The maximum atomic E-state index is 9.74. The van der Waals surface area contributed by atoms with Crippen molar-refractivity contribution in [3.63, 3.8) is 0 Å². The van der Waals surface area contributed by atoms with Crippen molar-refractivity contribution >= 4 is 31.9 Å². The molecular weight excluding hydrogens is 328 g/mol. The molecule has 3 nitrogen and oxygen atoms in total. The average molecular weight is 346 g/mol. The summed E-state index contributed by atoms with van der Waals surface area (Å²) in [5.41, 5.74) is 0. The van der Waals surface area contributed by atoms with Gasteiger partial charge in [-0.25, -0.2) is 0 Å². The van der Waals surface area contributed by atoms with E-state index in [0.29, 0.717) is 10.7 Å². The minimum absolute atomic E-state index is 0.00463. The van der Waals surface area contributed by atoms with Gasteiger partial charge in [0.1, 0.15) is 0 Å². The van der Waals surface area contributed by atoms with Crippen LogP contribution in [-0.4, -0.2) is 45.3 Å². The fourth-order valence-electron chi connectivity index (χ4n) is 2.04. The summed E-state index contributed by atoms with van der Waals surface area (Å²) in [6.07, 6.45) is 0.814. The Hall–Kier alpha value is 0.840. The topological polar surface area (TPSA) is 49.7 Å². The van der Waals surface area contributed by atoms with Gasteiger partial charge in [-0.05, 0) is 19.8 Å². The molecule has 5 atom stereocenters. The lowest BCUT2D eigenvalue weighted by Gasteiger charge is -2.38. The molecule has 1 heterocycles. The van der Waals surface area contributed by atoms with Crippen LogP contribution in [0.4, 0.5) is 0 Å². The van der Waals surface area contributed by atoms with Gasteiger partial charge >= 0.3 is 0 Å². The zero-order chi connectivity index (χ0) is 11.4. The zero-order valence-electron chi connectivity index (χ0n) is 8.77. The molecule has 15 heavy (non-hydrogen) atoms. The van der Waals surface area contributed by atoms with Crippen molar-refractivity contribution in [2.75, 3.05) is 10.7 Å². The molecule has 1 aliphatic heterocycles. The van der Waals surface area contributed by atoms with E-state index in [0.717, 1.165) is 12.8 Å². The van der Waals surface area contributed by atoms with Crippen molar-refractivity contribution in [1.29, 1.82) is 0 Å². The summed E-state index contributed by atoms with van der Waals surface area (Å²) in [5.74, 6) is 0.170. The molecule has 2 N–H and O–H groups in total. The van der Waals surface area contributed by atoms with Gasteiger partial charge in [-0.15, -0.1) is 0 Å². The lowest BCUT2D eigenvalue weighted by Crippen LogP contribution is -2.44. The largest absolute Gasteiger partial charge is 0.392 e. The van der Waals surface area contributed by atoms with Crippen molar-refractivity contribution < 1.29 is 14.9 Å². The van der Waals surface area contributed by atoms with Crippen molar-refractivity contribution in [3.8, 4) is 0 Å². The number of rotatable bonds is 4. The van der Waals surface area contributed by atoms with Crippen LogP contribution in [0.1, 0.15) is 19.8 Å². The third kappa shape index (κ3) is 3.66. The highest BCUT2D eigenvalue weighted by atomic mass is 79.9. The van der Waals surface area contributed by atoms with Gasteiger partial charge in [0.05, 0.1) is 24.4 Å². The Morgan fingerprint density at radius 3 is 2.27 bits per heavy atom. The molecule has 0 aliphatic carbocycles. The molecule has 1 saturated heterocycles. The normalized spacial score (nSPS) is 36.2. The van der Waals surface area contributed by atoms with Crippen LogP contribution in [0.2, 0.25) is 0 Å². The molecule has 0 saturated carbocycles. The lowest BCUT2D eigenvalue weighted by atomic mass is 9.87. The van der Waals surface area contributed by atoms with Crippen molar-refractivity contribution in [2.24, 2.45) is 5.92 Å². The summed E-state index contributed by atoms with van der Waals surface area (Å²) < 4.78 is 5.71. The van der Waals surface area contributed by atoms with E-state index >= 15 is 0 Å². The third-order valence-corrected chi connectivity index (χ3v) is 4.34. The van der Waals surface area contributed by atoms with Crippen molar-refractivity contribution in [2.45, 2.75) is 44.2 Å². The quantitative estimate of drug-likeness (QED) is 0.762. The van der Waals surface area contributed by atoms with Crippen LogP contribution in [0.3, 0.4) is 0 Å². The molecule has 0 spiro atoms. The first kappa shape index (κ1) is 13.9. The van der Waals surface area contributed by atoms with E-state index in [2.05, 4.69) is 31.9 Å². The van der Waals surface area contributed by atoms with E-state index in [1.54, 1.807) is 0 Å². The second kappa shape index (κ2) is 6.55. The first-order valence-corrected chi connectivity index (χ1v) is 7.48. The van der Waals surface area contributed by atoms with Gasteiger partial charge in [0, 0.05) is 16.6 Å². The molecule has 0 aromatic rings. The van der Waals surface area contributed by atoms with Gasteiger partial charge in [-0.1, -0.05) is 31.9 Å². The Labute approximate surface area is 107 Å². The molecule has 0 aromatic heterocycles. The first-order valence-electron chi connectivity index (χ1n) is 5.23. The lowest BCUT2D eigenvalue weighted by molar-refractivity contribution is -0.134. The van der Waals surface area contributed by atoms with Crippen LogP contribution in [0.15, 0.2) is 0 Å². The summed E-state index contributed by atoms with van der Waals surface area (Å²) in [4.78, 5) is 0. The van der Waals surface area contributed by atoms with Crippen LogP contribution in [0.5, 0.6) is 0 Å². The van der Waals surface area contributed by atoms with Crippen LogP contribution in [-0.2, 0) is 4.74 Å². The second-order valence-electron chi connectivity index (χ2n) is 4.06. The molecule has 5 heteroatoms. The summed E-state index contributed by atoms with van der Waals surface area (Å²) in [6.45, 7) is 1.96. The molecular formula is C10H18Br2O3. The van der Waals surface area contributed by atoms with Crippen LogP contribution < -0.4 is 0 Å². The fraction of sp³-hybridized carbons (Fsp3) is 1.00. The van der Waals surface area contributed by atoms with Gasteiger partial charge in [-0.3, -0.25) is 0 Å². The Bertz CT molecular complexity index is 192. The number of aliphatic hydroxyl groups is 2. The molecule has 1 rings (SSSR count). The fourth-order valence-corrected chi connectivity index (χ4v) is 2.94. The zero-order valence-corrected chi connectivity index (χ0v) is 11.9. The highest BCUT2D eigenvalue weighted by Gasteiger charge is 2.34. The van der Waals surface area contributed by atoms with Gasteiger partial charge in [0.2, 0.25) is 0 Å². The monoisotopic (exact) mass is 344 g/mol. The Morgan fingerprint density at radius 2 is 1.80 bits per heavy atom. The number of halogens is 2. The predicted molar refractivity (Wildman–Crippen MR) is 66.7 cm³/mol. The van der Waals surface area contributed by atoms with Gasteiger partial charge in [0.15, 0.2) is 0 Å². The molecule has 5 unspecified atom stereocenters. The highest BCUT2D eigenvalue weighted by Crippen LogP contribution is 2.29. The average Bonchev–Trinajstić information content (AvgIpc) is 2.26. The summed E-state index contributed by atoms with van der Waals surface area (Å²) >= 11 is 6.51. The maximum Gasteiger partial charge on any atom is 0.0898 e. The van der Waals surface area contributed by atoms with Gasteiger partial charge in [-0.2, -0.15) is 0 Å². The maximum absolute atomic E-state index is 9.74. The molecule has 0 aromatic carbocycles. The summed E-state index contributed by atoms with van der Waals surface area (Å²) in [5, 5.41) is 20.5. The number of hydrogen-bond donors (Lipinski definition) is 2. The van der Waals surface area contributed by atoms with Crippen LogP contribution in [0, 0.1) is 5.92 Å². The third-order valence-electron chi connectivity index (χ3n) is 3.02. The van der Waals surface area contributed by atoms with Crippen molar-refractivity contribution in [1.82, 2.24) is 0 Å². The van der Waals surface area contributed by atoms with Gasteiger partial charge < -0.3 is 14.9 Å². The Balaban J connectivity index is 2.47. The molecule has 1 aliphatic rings. The standard InChI is InChI=1S/C10H18Br2O3/c1-6-7(8(13)4-11)2-3-10(15-6)9(14)5-12/h6-10,13-14H,2-5H2,1H3. The molecule has 90 valence electrons. The van der Waals surface area contributed by atoms with Gasteiger partial charge in [0.25, 0.3) is 0 Å². The minimum Gasteiger partial charge on any atom is -0.392 e. The Kier molecular flexibility index (Phi) is 6.07. The SMILES string of the molecule is CC1OC(C(O)CBr)CCC1C(O)CBr. The second-order valence-corrected chi connectivity index (χ2v) is 5.36.